The van der Waals surface area contributed by atoms with Crippen LogP contribution in [0.25, 0.3) is 0 Å². The van der Waals surface area contributed by atoms with Gasteiger partial charge in [-0.15, -0.1) is 0 Å². The molecule has 18 heavy (non-hydrogen) atoms. The Morgan fingerprint density at radius 3 is 2.78 bits per heavy atom. The second kappa shape index (κ2) is 5.65. The normalized spacial score (nSPS) is 12.2. The van der Waals surface area contributed by atoms with Gasteiger partial charge in [0.05, 0.1) is 12.8 Å². The maximum absolute atomic E-state index is 10.3. The van der Waals surface area contributed by atoms with E-state index in [0.717, 1.165) is 16.7 Å². The molecule has 1 heterocycles. The van der Waals surface area contributed by atoms with Gasteiger partial charge in [-0.2, -0.15) is 0 Å². The van der Waals surface area contributed by atoms with Crippen LogP contribution in [0.15, 0.2) is 42.7 Å². The van der Waals surface area contributed by atoms with Crippen molar-refractivity contribution in [3.63, 3.8) is 0 Å². The molecule has 1 aromatic heterocycles. The van der Waals surface area contributed by atoms with Gasteiger partial charge < -0.3 is 9.84 Å². The van der Waals surface area contributed by atoms with Crippen LogP contribution in [0.5, 0.6) is 5.75 Å². The molecule has 0 amide bonds. The molecule has 0 bridgehead atoms. The molecule has 0 aliphatic heterocycles. The van der Waals surface area contributed by atoms with Gasteiger partial charge in [0.2, 0.25) is 0 Å². The molecule has 0 radical (unpaired) electrons. The summed E-state index contributed by atoms with van der Waals surface area (Å²) in [5, 5.41) is 10.3. The SMILES string of the molecule is CCOc1cncc(C(O)c2cccc(C)c2)c1. The monoisotopic (exact) mass is 243 g/mol. The number of benzene rings is 1. The number of pyridine rings is 1. The highest BCUT2D eigenvalue weighted by Gasteiger charge is 2.11. The average molecular weight is 243 g/mol. The predicted octanol–water partition coefficient (Wildman–Crippen LogP) is 2.87. The van der Waals surface area contributed by atoms with Crippen LogP contribution in [0.1, 0.15) is 29.7 Å². The van der Waals surface area contributed by atoms with E-state index in [9.17, 15) is 5.11 Å². The second-order valence-electron chi connectivity index (χ2n) is 4.20. The number of ether oxygens (including phenoxy) is 1. The zero-order valence-electron chi connectivity index (χ0n) is 10.6. The highest BCUT2D eigenvalue weighted by Crippen LogP contribution is 2.24. The summed E-state index contributed by atoms with van der Waals surface area (Å²) in [5.74, 6) is 0.682. The Kier molecular flexibility index (Phi) is 3.95. The molecule has 1 unspecified atom stereocenters. The maximum Gasteiger partial charge on any atom is 0.137 e. The van der Waals surface area contributed by atoms with Crippen molar-refractivity contribution in [3.05, 3.63) is 59.4 Å². The third-order valence-corrected chi connectivity index (χ3v) is 2.72. The van der Waals surface area contributed by atoms with E-state index < -0.39 is 6.10 Å². The zero-order chi connectivity index (χ0) is 13.0. The molecule has 0 aliphatic carbocycles. The molecule has 0 saturated carbocycles. The van der Waals surface area contributed by atoms with Crippen LogP contribution < -0.4 is 4.74 Å². The Morgan fingerprint density at radius 2 is 2.06 bits per heavy atom. The molecule has 3 heteroatoms. The summed E-state index contributed by atoms with van der Waals surface area (Å²) in [6.07, 6.45) is 2.64. The molecule has 2 aromatic rings. The summed E-state index contributed by atoms with van der Waals surface area (Å²) in [5.41, 5.74) is 2.73. The number of rotatable bonds is 4. The number of hydrogen-bond acceptors (Lipinski definition) is 3. The molecular weight excluding hydrogens is 226 g/mol. The van der Waals surface area contributed by atoms with Gasteiger partial charge in [-0.1, -0.05) is 29.8 Å². The van der Waals surface area contributed by atoms with Crippen molar-refractivity contribution in [2.45, 2.75) is 20.0 Å². The second-order valence-corrected chi connectivity index (χ2v) is 4.20. The standard InChI is InChI=1S/C15H17NO2/c1-3-18-14-8-13(9-16-10-14)15(17)12-6-4-5-11(2)7-12/h4-10,15,17H,3H2,1-2H3. The fourth-order valence-corrected chi connectivity index (χ4v) is 1.86. The summed E-state index contributed by atoms with van der Waals surface area (Å²) in [4.78, 5) is 4.09. The molecule has 0 fully saturated rings. The molecule has 0 aliphatic rings. The number of nitrogens with zero attached hydrogens (tertiary/aromatic N) is 1. The lowest BCUT2D eigenvalue weighted by Gasteiger charge is -2.13. The van der Waals surface area contributed by atoms with Crippen molar-refractivity contribution in [2.75, 3.05) is 6.61 Å². The van der Waals surface area contributed by atoms with Crippen LogP contribution >= 0.6 is 0 Å². The minimum atomic E-state index is -0.669. The van der Waals surface area contributed by atoms with Crippen LogP contribution in [0.4, 0.5) is 0 Å². The van der Waals surface area contributed by atoms with Gasteiger partial charge in [0.1, 0.15) is 11.9 Å². The van der Waals surface area contributed by atoms with Crippen molar-refractivity contribution in [3.8, 4) is 5.75 Å². The minimum absolute atomic E-state index is 0.589. The first-order valence-electron chi connectivity index (χ1n) is 6.03. The number of aliphatic hydroxyl groups excluding tert-OH is 1. The number of aryl methyl sites for hydroxylation is 1. The van der Waals surface area contributed by atoms with Gasteiger partial charge in [0, 0.05) is 11.8 Å². The molecule has 2 rings (SSSR count). The molecule has 1 N–H and O–H groups in total. The molecular formula is C15H17NO2. The average Bonchev–Trinajstić information content (AvgIpc) is 2.39. The summed E-state index contributed by atoms with van der Waals surface area (Å²) < 4.78 is 5.38. The molecule has 3 nitrogen and oxygen atoms in total. The smallest absolute Gasteiger partial charge is 0.137 e. The van der Waals surface area contributed by atoms with Crippen LogP contribution in [-0.4, -0.2) is 16.7 Å². The Balaban J connectivity index is 2.27. The summed E-state index contributed by atoms with van der Waals surface area (Å²) >= 11 is 0. The molecule has 1 aromatic carbocycles. The first kappa shape index (κ1) is 12.6. The summed E-state index contributed by atoms with van der Waals surface area (Å²) in [7, 11) is 0. The summed E-state index contributed by atoms with van der Waals surface area (Å²) in [6, 6.07) is 9.64. The van der Waals surface area contributed by atoms with Gasteiger partial charge in [-0.25, -0.2) is 0 Å². The largest absolute Gasteiger partial charge is 0.492 e. The molecule has 1 atom stereocenters. The quantitative estimate of drug-likeness (QED) is 0.897. The topological polar surface area (TPSA) is 42.4 Å². The van der Waals surface area contributed by atoms with Crippen LogP contribution in [0.3, 0.4) is 0 Å². The van der Waals surface area contributed by atoms with E-state index in [2.05, 4.69) is 4.98 Å². The lowest BCUT2D eigenvalue weighted by atomic mass is 10.0. The van der Waals surface area contributed by atoms with Crippen molar-refractivity contribution >= 4 is 0 Å². The first-order valence-corrected chi connectivity index (χ1v) is 6.03. The van der Waals surface area contributed by atoms with E-state index in [-0.39, 0.29) is 0 Å². The number of aliphatic hydroxyl groups is 1. The molecule has 0 saturated heterocycles. The van der Waals surface area contributed by atoms with E-state index in [1.165, 1.54) is 0 Å². The Labute approximate surface area is 107 Å². The third-order valence-electron chi connectivity index (χ3n) is 2.72. The van der Waals surface area contributed by atoms with Gasteiger partial charge in [-0.3, -0.25) is 4.98 Å². The lowest BCUT2D eigenvalue weighted by molar-refractivity contribution is 0.219. The number of hydrogen-bond donors (Lipinski definition) is 1. The van der Waals surface area contributed by atoms with E-state index in [0.29, 0.717) is 12.4 Å². The zero-order valence-corrected chi connectivity index (χ0v) is 10.6. The van der Waals surface area contributed by atoms with E-state index >= 15 is 0 Å². The summed E-state index contributed by atoms with van der Waals surface area (Å²) in [6.45, 7) is 4.51. The van der Waals surface area contributed by atoms with Gasteiger partial charge in [0.15, 0.2) is 0 Å². The predicted molar refractivity (Wildman–Crippen MR) is 70.6 cm³/mol. The molecule has 94 valence electrons. The minimum Gasteiger partial charge on any atom is -0.492 e. The van der Waals surface area contributed by atoms with Crippen LogP contribution in [0.2, 0.25) is 0 Å². The van der Waals surface area contributed by atoms with E-state index in [1.54, 1.807) is 12.4 Å². The lowest BCUT2D eigenvalue weighted by Crippen LogP contribution is -2.02. The third kappa shape index (κ3) is 2.87. The highest BCUT2D eigenvalue weighted by atomic mass is 16.5. The van der Waals surface area contributed by atoms with Gasteiger partial charge in [-0.05, 0) is 25.5 Å². The number of aromatic nitrogens is 1. The fraction of sp³-hybridized carbons (Fsp3) is 0.267. The van der Waals surface area contributed by atoms with Gasteiger partial charge in [0.25, 0.3) is 0 Å². The molecule has 0 spiro atoms. The van der Waals surface area contributed by atoms with Crippen molar-refractivity contribution < 1.29 is 9.84 Å². The van der Waals surface area contributed by atoms with Crippen molar-refractivity contribution in [1.29, 1.82) is 0 Å². The van der Waals surface area contributed by atoms with Crippen LogP contribution in [0, 0.1) is 6.92 Å². The van der Waals surface area contributed by atoms with Gasteiger partial charge >= 0.3 is 0 Å². The van der Waals surface area contributed by atoms with Crippen molar-refractivity contribution in [1.82, 2.24) is 4.98 Å². The Morgan fingerprint density at radius 1 is 1.22 bits per heavy atom. The Bertz CT molecular complexity index is 525. The van der Waals surface area contributed by atoms with Crippen LogP contribution in [-0.2, 0) is 0 Å². The fourth-order valence-electron chi connectivity index (χ4n) is 1.86. The Hall–Kier alpha value is -1.87. The van der Waals surface area contributed by atoms with Crippen molar-refractivity contribution in [2.24, 2.45) is 0 Å². The van der Waals surface area contributed by atoms with E-state index in [1.807, 2.05) is 44.2 Å². The first-order chi connectivity index (χ1) is 8.70. The highest BCUT2D eigenvalue weighted by molar-refractivity contribution is 5.34. The maximum atomic E-state index is 10.3. The van der Waals surface area contributed by atoms with E-state index in [4.69, 9.17) is 4.74 Å².